The van der Waals surface area contributed by atoms with Crippen LogP contribution in [-0.4, -0.2) is 23.9 Å². The Bertz CT molecular complexity index is 975. The third-order valence-electron chi connectivity index (χ3n) is 5.79. The number of aryl methyl sites for hydroxylation is 2. The number of carbonyl (C=O) groups excluding carboxylic acids is 1. The summed E-state index contributed by atoms with van der Waals surface area (Å²) in [5.74, 6) is 1.25. The number of carbonyl (C=O) groups is 1. The molecule has 3 nitrogen and oxygen atoms in total. The van der Waals surface area contributed by atoms with E-state index in [0.717, 1.165) is 30.6 Å². The predicted octanol–water partition coefficient (Wildman–Crippen LogP) is 8.12. The van der Waals surface area contributed by atoms with Crippen LogP contribution in [0.3, 0.4) is 0 Å². The molecule has 0 saturated carbocycles. The summed E-state index contributed by atoms with van der Waals surface area (Å²) in [6.07, 6.45) is 2.69. The molecule has 1 saturated heterocycles. The summed E-state index contributed by atoms with van der Waals surface area (Å²) in [6, 6.07) is 10.1. The van der Waals surface area contributed by atoms with E-state index >= 15 is 0 Å². The van der Waals surface area contributed by atoms with Gasteiger partial charge >= 0.3 is 0 Å². The lowest BCUT2D eigenvalue weighted by atomic mass is 9.91. The monoisotopic (exact) mass is 512 g/mol. The molecule has 0 aliphatic carbocycles. The lowest BCUT2D eigenvalue weighted by Crippen LogP contribution is -2.25. The van der Waals surface area contributed by atoms with Crippen LogP contribution in [0.2, 0.25) is 15.1 Å². The largest absolute Gasteiger partial charge is 0.343 e. The van der Waals surface area contributed by atoms with Crippen LogP contribution in [-0.2, 0) is 11.2 Å². The van der Waals surface area contributed by atoms with Gasteiger partial charge in [0.1, 0.15) is 11.9 Å². The Morgan fingerprint density at radius 3 is 2.27 bits per heavy atom. The molecule has 2 aromatic rings. The molecule has 33 heavy (non-hydrogen) atoms. The van der Waals surface area contributed by atoms with Gasteiger partial charge in [-0.3, -0.25) is 4.79 Å². The molecule has 0 spiro atoms. The van der Waals surface area contributed by atoms with Crippen LogP contribution < -0.4 is 0 Å². The third kappa shape index (κ3) is 9.16. The van der Waals surface area contributed by atoms with Gasteiger partial charge in [-0.15, -0.1) is 0 Å². The molecule has 1 fully saturated rings. The number of hydrogen-bond donors (Lipinski definition) is 0. The van der Waals surface area contributed by atoms with E-state index in [1.165, 1.54) is 18.6 Å². The van der Waals surface area contributed by atoms with Crippen molar-refractivity contribution in [2.75, 3.05) is 13.1 Å². The Morgan fingerprint density at radius 1 is 1.12 bits per heavy atom. The Hall–Kier alpha value is -1.80. The fourth-order valence-corrected chi connectivity index (χ4v) is 4.16. The minimum atomic E-state index is -0.409. The zero-order chi connectivity index (χ0) is 25.1. The van der Waals surface area contributed by atoms with Gasteiger partial charge in [-0.2, -0.15) is 5.26 Å². The van der Waals surface area contributed by atoms with Crippen molar-refractivity contribution in [3.05, 3.63) is 67.9 Å². The molecule has 180 valence electrons. The van der Waals surface area contributed by atoms with Gasteiger partial charge in [-0.1, -0.05) is 68.1 Å². The molecule has 1 aliphatic rings. The van der Waals surface area contributed by atoms with Gasteiger partial charge in [0.15, 0.2) is 0 Å². The van der Waals surface area contributed by atoms with Crippen molar-refractivity contribution in [3.8, 4) is 6.07 Å². The number of rotatable bonds is 4. The predicted molar refractivity (Wildman–Crippen MR) is 137 cm³/mol. The van der Waals surface area contributed by atoms with Gasteiger partial charge in [0.05, 0.1) is 15.6 Å². The average molecular weight is 514 g/mol. The van der Waals surface area contributed by atoms with E-state index in [1.54, 1.807) is 12.1 Å². The van der Waals surface area contributed by atoms with E-state index in [1.807, 2.05) is 30.9 Å². The van der Waals surface area contributed by atoms with Crippen LogP contribution in [0.15, 0.2) is 30.3 Å². The highest BCUT2D eigenvalue weighted by molar-refractivity contribution is 6.35. The number of likely N-dealkylation sites (tertiary alicyclic amines) is 1. The first-order valence-electron chi connectivity index (χ1n) is 11.1. The Kier molecular flexibility index (Phi) is 12.8. The molecule has 3 rings (SSSR count). The van der Waals surface area contributed by atoms with Crippen molar-refractivity contribution in [1.82, 2.24) is 4.90 Å². The van der Waals surface area contributed by atoms with Crippen LogP contribution in [0.4, 0.5) is 4.39 Å². The summed E-state index contributed by atoms with van der Waals surface area (Å²) < 4.78 is 12.8. The van der Waals surface area contributed by atoms with Crippen LogP contribution in [0.5, 0.6) is 0 Å². The third-order valence-corrected chi connectivity index (χ3v) is 6.74. The SMILES string of the molecule is CCC(C)C1CC(=O)N(CC)C1.CCc1cc(F)c(Cl)cc1Cl.Cc1ccc(C#N)c(Cl)c1. The summed E-state index contributed by atoms with van der Waals surface area (Å²) >= 11 is 16.9. The summed E-state index contributed by atoms with van der Waals surface area (Å²) in [5, 5.41) is 9.61. The fraction of sp³-hybridized carbons (Fsp3) is 0.462. The smallest absolute Gasteiger partial charge is 0.222 e. The van der Waals surface area contributed by atoms with Gasteiger partial charge in [0.25, 0.3) is 0 Å². The summed E-state index contributed by atoms with van der Waals surface area (Å²) in [6.45, 7) is 12.2. The molecule has 2 unspecified atom stereocenters. The molecule has 1 aliphatic heterocycles. The maximum absolute atomic E-state index is 12.8. The topological polar surface area (TPSA) is 44.1 Å². The summed E-state index contributed by atoms with van der Waals surface area (Å²) in [5.41, 5.74) is 2.39. The summed E-state index contributed by atoms with van der Waals surface area (Å²) in [7, 11) is 0. The molecule has 1 heterocycles. The second-order valence-corrected chi connectivity index (χ2v) is 9.31. The van der Waals surface area contributed by atoms with Crippen molar-refractivity contribution in [3.63, 3.8) is 0 Å². The quantitative estimate of drug-likeness (QED) is 0.387. The molecule has 1 amide bonds. The maximum atomic E-state index is 12.8. The number of nitrogens with zero attached hydrogens (tertiary/aromatic N) is 2. The molecular weight excluding hydrogens is 482 g/mol. The zero-order valence-electron chi connectivity index (χ0n) is 19.9. The Labute approximate surface area is 212 Å². The first kappa shape index (κ1) is 29.2. The molecule has 0 radical (unpaired) electrons. The number of nitriles is 1. The first-order valence-corrected chi connectivity index (χ1v) is 12.3. The first-order chi connectivity index (χ1) is 15.6. The number of benzene rings is 2. The van der Waals surface area contributed by atoms with E-state index in [9.17, 15) is 9.18 Å². The van der Waals surface area contributed by atoms with Crippen LogP contribution in [0.1, 0.15) is 57.2 Å². The maximum Gasteiger partial charge on any atom is 0.222 e. The van der Waals surface area contributed by atoms with Gasteiger partial charge in [-0.25, -0.2) is 4.39 Å². The van der Waals surface area contributed by atoms with Crippen molar-refractivity contribution >= 4 is 40.7 Å². The number of halogens is 4. The van der Waals surface area contributed by atoms with Crippen LogP contribution in [0, 0.1) is 35.9 Å². The molecule has 0 aromatic heterocycles. The van der Waals surface area contributed by atoms with E-state index in [2.05, 4.69) is 20.8 Å². The Morgan fingerprint density at radius 2 is 1.79 bits per heavy atom. The summed E-state index contributed by atoms with van der Waals surface area (Å²) in [4.78, 5) is 13.3. The van der Waals surface area contributed by atoms with E-state index in [-0.39, 0.29) is 5.02 Å². The fourth-order valence-electron chi connectivity index (χ4n) is 3.37. The minimum absolute atomic E-state index is 0.0761. The highest BCUT2D eigenvalue weighted by Gasteiger charge is 2.30. The van der Waals surface area contributed by atoms with Crippen molar-refractivity contribution in [2.24, 2.45) is 11.8 Å². The molecule has 2 atom stereocenters. The highest BCUT2D eigenvalue weighted by Crippen LogP contribution is 2.26. The lowest BCUT2D eigenvalue weighted by molar-refractivity contribution is -0.127. The van der Waals surface area contributed by atoms with Crippen LogP contribution in [0.25, 0.3) is 0 Å². The zero-order valence-corrected chi connectivity index (χ0v) is 22.2. The van der Waals surface area contributed by atoms with E-state index in [0.29, 0.717) is 39.8 Å². The van der Waals surface area contributed by atoms with Gasteiger partial charge in [0, 0.05) is 24.5 Å². The molecule has 0 N–H and O–H groups in total. The van der Waals surface area contributed by atoms with Crippen molar-refractivity contribution in [2.45, 2.75) is 53.9 Å². The van der Waals surface area contributed by atoms with Gasteiger partial charge < -0.3 is 4.90 Å². The molecular formula is C26H32Cl3FN2O. The minimum Gasteiger partial charge on any atom is -0.343 e. The van der Waals surface area contributed by atoms with E-state index in [4.69, 9.17) is 40.1 Å². The van der Waals surface area contributed by atoms with Gasteiger partial charge in [-0.05, 0) is 67.5 Å². The molecule has 0 bridgehead atoms. The average Bonchev–Trinajstić information content (AvgIpc) is 3.17. The van der Waals surface area contributed by atoms with Crippen LogP contribution >= 0.6 is 34.8 Å². The normalized spacial score (nSPS) is 15.7. The molecule has 7 heteroatoms. The standard InChI is InChI=1S/C10H19NO.C8H7Cl2F.C8H6ClN/c1-4-8(3)9-6-10(12)11(5-2)7-9;1-2-5-3-8(11)7(10)4-6(5)9;1-6-2-3-7(5-10)8(9)4-6/h8-9H,4-7H2,1-3H3;3-4H,2H2,1H3;2-4H,1H3. The van der Waals surface area contributed by atoms with E-state index < -0.39 is 5.82 Å². The number of hydrogen-bond acceptors (Lipinski definition) is 2. The Balaban J connectivity index is 0.000000249. The molecule has 2 aromatic carbocycles. The van der Waals surface area contributed by atoms with Crippen molar-refractivity contribution < 1.29 is 9.18 Å². The van der Waals surface area contributed by atoms with Gasteiger partial charge in [0.2, 0.25) is 5.91 Å². The lowest BCUT2D eigenvalue weighted by Gasteiger charge is -2.17. The highest BCUT2D eigenvalue weighted by atomic mass is 35.5. The second-order valence-electron chi connectivity index (χ2n) is 8.09. The number of amides is 1. The second kappa shape index (κ2) is 14.5. The van der Waals surface area contributed by atoms with Crippen molar-refractivity contribution in [1.29, 1.82) is 5.26 Å².